The van der Waals surface area contributed by atoms with Crippen LogP contribution in [-0.2, 0) is 48.0 Å². The quantitative estimate of drug-likeness (QED) is 0.0525. The predicted octanol–water partition coefficient (Wildman–Crippen LogP) is 2.22. The molecule has 6 amide bonds. The van der Waals surface area contributed by atoms with E-state index in [1.54, 1.807) is 6.20 Å². The Morgan fingerprint density at radius 1 is 0.689 bits per heavy atom. The van der Waals surface area contributed by atoms with Crippen LogP contribution in [0, 0.1) is 0 Å². The minimum atomic E-state index is -1.31. The molecular formula is C45H55N9O6S. The van der Waals surface area contributed by atoms with Crippen LogP contribution in [0.3, 0.4) is 0 Å². The fourth-order valence-electron chi connectivity index (χ4n) is 7.84. The molecular weight excluding hydrogens is 795 g/mol. The Balaban J connectivity index is 1.32. The molecule has 4 atom stereocenters. The van der Waals surface area contributed by atoms with E-state index in [1.807, 2.05) is 84.2 Å². The molecule has 1 saturated heterocycles. The lowest BCUT2D eigenvalue weighted by Crippen LogP contribution is -2.65. The maximum atomic E-state index is 14.7. The standard InChI is InChI=1S/C45H55N9O6S/c1-28(55)50-35(16-9-10-20-46)40(56)52-38(25-31-27-61-39-17-8-6-14-33(31)39)42(58)53-37(24-30-26-49-34-15-7-5-13-32(30)34)41(57)51-36(23-29-11-3-2-4-12-29)43(59)54-45(44(47)60)18-21-48-22-19-45/h2-8,11-15,17,26-27,35-38,48-49H,9-10,16,18-25,46H2,1H3,(H2,47,60)(H,50,55)(H,51,57)(H,52,56)(H,53,58)(H,54,59)/t35-,36+,37-,38-/m1/s1. The van der Waals surface area contributed by atoms with Gasteiger partial charge in [0.1, 0.15) is 29.7 Å². The van der Waals surface area contributed by atoms with Crippen molar-refractivity contribution < 1.29 is 28.8 Å². The van der Waals surface area contributed by atoms with Crippen molar-refractivity contribution in [3.05, 3.63) is 107 Å². The van der Waals surface area contributed by atoms with Gasteiger partial charge in [-0.05, 0) is 91.3 Å². The van der Waals surface area contributed by atoms with Crippen LogP contribution in [0.25, 0.3) is 21.0 Å². The number of aromatic amines is 1. The van der Waals surface area contributed by atoms with Crippen molar-refractivity contribution in [1.29, 1.82) is 0 Å². The number of thiophene rings is 1. The highest BCUT2D eigenvalue weighted by Gasteiger charge is 2.41. The summed E-state index contributed by atoms with van der Waals surface area (Å²) >= 11 is 1.51. The lowest BCUT2D eigenvalue weighted by Gasteiger charge is -2.36. The van der Waals surface area contributed by atoms with E-state index in [1.165, 1.54) is 18.3 Å². The fraction of sp³-hybridized carbons (Fsp3) is 0.378. The molecule has 16 heteroatoms. The van der Waals surface area contributed by atoms with Gasteiger partial charge in [0.25, 0.3) is 0 Å². The number of amides is 6. The zero-order chi connectivity index (χ0) is 43.4. The van der Waals surface area contributed by atoms with Crippen LogP contribution in [0.5, 0.6) is 0 Å². The summed E-state index contributed by atoms with van der Waals surface area (Å²) in [7, 11) is 0. The van der Waals surface area contributed by atoms with E-state index in [2.05, 4.69) is 36.9 Å². The van der Waals surface area contributed by atoms with Gasteiger partial charge in [0, 0.05) is 48.0 Å². The van der Waals surface area contributed by atoms with E-state index in [4.69, 9.17) is 11.5 Å². The third kappa shape index (κ3) is 11.6. The molecule has 1 aliphatic heterocycles. The van der Waals surface area contributed by atoms with Gasteiger partial charge in [-0.25, -0.2) is 0 Å². The number of carbonyl (C=O) groups is 6. The number of fused-ring (bicyclic) bond motifs is 2. The van der Waals surface area contributed by atoms with Crippen LogP contribution in [0.15, 0.2) is 90.4 Å². The van der Waals surface area contributed by atoms with E-state index >= 15 is 0 Å². The van der Waals surface area contributed by atoms with Crippen molar-refractivity contribution in [1.82, 2.24) is 36.9 Å². The molecule has 0 spiro atoms. The highest BCUT2D eigenvalue weighted by Crippen LogP contribution is 2.27. The van der Waals surface area contributed by atoms with Gasteiger partial charge >= 0.3 is 0 Å². The van der Waals surface area contributed by atoms with Crippen LogP contribution < -0.4 is 43.4 Å². The van der Waals surface area contributed by atoms with Crippen LogP contribution >= 0.6 is 11.3 Å². The van der Waals surface area contributed by atoms with Crippen molar-refractivity contribution in [3.8, 4) is 0 Å². The van der Waals surface area contributed by atoms with E-state index in [9.17, 15) is 28.8 Å². The average Bonchev–Trinajstić information content (AvgIpc) is 3.86. The first-order chi connectivity index (χ1) is 29.5. The van der Waals surface area contributed by atoms with Crippen molar-refractivity contribution in [2.45, 2.75) is 88.0 Å². The van der Waals surface area contributed by atoms with E-state index < -0.39 is 65.1 Å². The molecule has 11 N–H and O–H groups in total. The fourth-order valence-corrected chi connectivity index (χ4v) is 8.82. The van der Waals surface area contributed by atoms with Crippen molar-refractivity contribution in [3.63, 3.8) is 0 Å². The summed E-state index contributed by atoms with van der Waals surface area (Å²) in [4.78, 5) is 85.8. The number of piperidine rings is 1. The SMILES string of the molecule is CC(=O)N[C@H](CCCCN)C(=O)N[C@H](Cc1csc2ccccc12)C(=O)N[C@H](Cc1c[nH]c2ccccc12)C(=O)N[C@@H](Cc1ccccc1)C(=O)NC1(C(N)=O)CCNCC1. The smallest absolute Gasteiger partial charge is 0.243 e. The van der Waals surface area contributed by atoms with Gasteiger partial charge in [-0.2, -0.15) is 0 Å². The zero-order valence-electron chi connectivity index (χ0n) is 34.3. The van der Waals surface area contributed by atoms with Gasteiger partial charge in [-0.3, -0.25) is 28.8 Å². The second-order valence-corrected chi connectivity index (χ2v) is 16.5. The minimum Gasteiger partial charge on any atom is -0.368 e. The summed E-state index contributed by atoms with van der Waals surface area (Å²) in [5.41, 5.74) is 13.4. The number of hydrogen-bond donors (Lipinski definition) is 9. The summed E-state index contributed by atoms with van der Waals surface area (Å²) in [5, 5.41) is 21.2. The van der Waals surface area contributed by atoms with Gasteiger partial charge in [0.15, 0.2) is 0 Å². The van der Waals surface area contributed by atoms with Crippen molar-refractivity contribution in [2.75, 3.05) is 19.6 Å². The van der Waals surface area contributed by atoms with Gasteiger partial charge in [0.05, 0.1) is 0 Å². The van der Waals surface area contributed by atoms with Crippen LogP contribution in [-0.4, -0.2) is 89.8 Å². The Hall–Kier alpha value is -6.10. The Bertz CT molecular complexity index is 2320. The first-order valence-electron chi connectivity index (χ1n) is 20.7. The minimum absolute atomic E-state index is 0.0216. The van der Waals surface area contributed by atoms with Gasteiger partial charge < -0.3 is 48.4 Å². The number of H-pyrrole nitrogens is 1. The largest absolute Gasteiger partial charge is 0.368 e. The zero-order valence-corrected chi connectivity index (χ0v) is 35.1. The molecule has 15 nitrogen and oxygen atoms in total. The third-order valence-corrected chi connectivity index (χ3v) is 12.2. The van der Waals surface area contributed by atoms with Gasteiger partial charge in [-0.1, -0.05) is 66.7 Å². The number of aromatic nitrogens is 1. The van der Waals surface area contributed by atoms with Crippen LogP contribution in [0.2, 0.25) is 0 Å². The van der Waals surface area contributed by atoms with Crippen molar-refractivity contribution >= 4 is 67.8 Å². The van der Waals surface area contributed by atoms with E-state index in [0.29, 0.717) is 38.9 Å². The number of carbonyl (C=O) groups excluding carboxylic acids is 6. The summed E-state index contributed by atoms with van der Waals surface area (Å²) in [6.45, 7) is 2.68. The number of hydrogen-bond acceptors (Lipinski definition) is 9. The molecule has 0 radical (unpaired) electrons. The van der Waals surface area contributed by atoms with Crippen LogP contribution in [0.1, 0.15) is 55.7 Å². The number of nitrogens with two attached hydrogens (primary N) is 2. The summed E-state index contributed by atoms with van der Waals surface area (Å²) in [5.74, 6) is -3.50. The maximum absolute atomic E-state index is 14.7. The summed E-state index contributed by atoms with van der Waals surface area (Å²) < 4.78 is 1.00. The molecule has 0 saturated carbocycles. The highest BCUT2D eigenvalue weighted by molar-refractivity contribution is 7.17. The lowest BCUT2D eigenvalue weighted by molar-refractivity contribution is -0.136. The number of para-hydroxylation sites is 1. The second-order valence-electron chi connectivity index (χ2n) is 15.6. The number of unbranched alkanes of at least 4 members (excludes halogenated alkanes) is 1. The topological polar surface area (TPSA) is 242 Å². The monoisotopic (exact) mass is 849 g/mol. The maximum Gasteiger partial charge on any atom is 0.243 e. The Kier molecular flexibility index (Phi) is 15.2. The molecule has 1 fully saturated rings. The summed E-state index contributed by atoms with van der Waals surface area (Å²) in [6.07, 6.45) is 4.04. The lowest BCUT2D eigenvalue weighted by atomic mass is 9.87. The number of primary amides is 1. The Morgan fingerprint density at radius 2 is 1.28 bits per heavy atom. The second kappa shape index (κ2) is 20.9. The Morgan fingerprint density at radius 3 is 1.93 bits per heavy atom. The number of rotatable bonds is 20. The summed E-state index contributed by atoms with van der Waals surface area (Å²) in [6, 6.07) is 20.0. The molecule has 0 aliphatic carbocycles. The van der Waals surface area contributed by atoms with Gasteiger partial charge in [0.2, 0.25) is 35.4 Å². The molecule has 3 heterocycles. The predicted molar refractivity (Wildman–Crippen MR) is 236 cm³/mol. The van der Waals surface area contributed by atoms with E-state index in [-0.39, 0.29) is 32.1 Å². The molecule has 322 valence electrons. The van der Waals surface area contributed by atoms with Crippen LogP contribution in [0.4, 0.5) is 0 Å². The Labute approximate surface area is 358 Å². The van der Waals surface area contributed by atoms with Crippen molar-refractivity contribution in [2.24, 2.45) is 11.5 Å². The average molecular weight is 850 g/mol. The molecule has 1 aliphatic rings. The molecule has 0 bridgehead atoms. The van der Waals surface area contributed by atoms with E-state index in [0.717, 1.165) is 37.7 Å². The molecule has 61 heavy (non-hydrogen) atoms. The first kappa shape index (κ1) is 44.5. The molecule has 6 rings (SSSR count). The first-order valence-corrected chi connectivity index (χ1v) is 21.6. The highest BCUT2D eigenvalue weighted by atomic mass is 32.1. The number of benzene rings is 3. The number of nitrogens with one attached hydrogen (secondary N) is 7. The molecule has 3 aromatic carbocycles. The normalized spacial score (nSPS) is 15.5. The molecule has 5 aromatic rings. The molecule has 2 aromatic heterocycles. The molecule has 0 unspecified atom stereocenters. The third-order valence-electron chi connectivity index (χ3n) is 11.2. The van der Waals surface area contributed by atoms with Gasteiger partial charge in [-0.15, -0.1) is 11.3 Å².